The molecular formula is C22H24N2O4. The summed E-state index contributed by atoms with van der Waals surface area (Å²) >= 11 is 0. The number of Topliss-reactive ketones (excluding diaryl/α,β-unsaturated/α-hetero) is 1. The first-order chi connectivity index (χ1) is 13.2. The lowest BCUT2D eigenvalue weighted by molar-refractivity contribution is 0.0472. The van der Waals surface area contributed by atoms with Gasteiger partial charge >= 0.3 is 5.97 Å². The fourth-order valence-electron chi connectivity index (χ4n) is 3.36. The molecule has 3 aromatic rings. The normalized spacial score (nSPS) is 10.9. The Morgan fingerprint density at radius 2 is 1.75 bits per heavy atom. The smallest absolute Gasteiger partial charge is 0.344 e. The minimum absolute atomic E-state index is 0.247. The van der Waals surface area contributed by atoms with E-state index in [4.69, 9.17) is 9.26 Å². The van der Waals surface area contributed by atoms with Gasteiger partial charge in [0.05, 0.1) is 5.69 Å². The van der Waals surface area contributed by atoms with E-state index < -0.39 is 5.97 Å². The van der Waals surface area contributed by atoms with Gasteiger partial charge < -0.3 is 13.8 Å². The van der Waals surface area contributed by atoms with Crippen LogP contribution in [0.25, 0.3) is 5.69 Å². The highest BCUT2D eigenvalue weighted by Crippen LogP contribution is 2.23. The molecule has 0 bridgehead atoms. The van der Waals surface area contributed by atoms with Crippen LogP contribution in [0.5, 0.6) is 0 Å². The molecule has 2 heterocycles. The van der Waals surface area contributed by atoms with Crippen molar-refractivity contribution in [3.63, 3.8) is 0 Å². The van der Waals surface area contributed by atoms with E-state index in [0.29, 0.717) is 17.0 Å². The standard InChI is InChI=1S/C22H24N2O4/c1-12-7-8-18(9-13(12)2)24-14(3)10-19(16(24)5)20(25)11-27-22(26)21-15(4)23-28-17(21)6/h7-10H,11H2,1-6H3. The highest BCUT2D eigenvalue weighted by atomic mass is 16.5. The first-order valence-corrected chi connectivity index (χ1v) is 9.10. The Morgan fingerprint density at radius 1 is 1.04 bits per heavy atom. The molecule has 1 aromatic carbocycles. The minimum atomic E-state index is -0.604. The Bertz CT molecular complexity index is 1050. The molecule has 0 radical (unpaired) electrons. The lowest BCUT2D eigenvalue weighted by Gasteiger charge is -2.12. The second-order valence-corrected chi connectivity index (χ2v) is 7.09. The summed E-state index contributed by atoms with van der Waals surface area (Å²) in [5, 5.41) is 3.73. The van der Waals surface area contributed by atoms with Crippen LogP contribution in [0.2, 0.25) is 0 Å². The van der Waals surface area contributed by atoms with Crippen LogP contribution in [0.1, 0.15) is 54.7 Å². The molecule has 2 aromatic heterocycles. The highest BCUT2D eigenvalue weighted by molar-refractivity contribution is 6.01. The van der Waals surface area contributed by atoms with Gasteiger partial charge in [-0.2, -0.15) is 0 Å². The summed E-state index contributed by atoms with van der Waals surface area (Å²) in [5.41, 5.74) is 6.43. The minimum Gasteiger partial charge on any atom is -0.454 e. The van der Waals surface area contributed by atoms with Gasteiger partial charge in [0.25, 0.3) is 0 Å². The molecule has 28 heavy (non-hydrogen) atoms. The monoisotopic (exact) mass is 380 g/mol. The number of hydrogen-bond acceptors (Lipinski definition) is 5. The van der Waals surface area contributed by atoms with E-state index in [2.05, 4.69) is 31.1 Å². The largest absolute Gasteiger partial charge is 0.454 e. The van der Waals surface area contributed by atoms with Gasteiger partial charge in [-0.25, -0.2) is 4.79 Å². The van der Waals surface area contributed by atoms with Gasteiger partial charge in [0.2, 0.25) is 5.78 Å². The third-order valence-corrected chi connectivity index (χ3v) is 5.05. The van der Waals surface area contributed by atoms with Crippen LogP contribution in [0.3, 0.4) is 0 Å². The third kappa shape index (κ3) is 3.50. The molecule has 3 rings (SSSR count). The Kier molecular flexibility index (Phi) is 5.23. The van der Waals surface area contributed by atoms with E-state index in [-0.39, 0.29) is 18.0 Å². The van der Waals surface area contributed by atoms with Gasteiger partial charge in [-0.15, -0.1) is 0 Å². The highest BCUT2D eigenvalue weighted by Gasteiger charge is 2.22. The molecule has 6 nitrogen and oxygen atoms in total. The molecular weight excluding hydrogens is 356 g/mol. The molecule has 146 valence electrons. The van der Waals surface area contributed by atoms with E-state index >= 15 is 0 Å². The molecule has 0 atom stereocenters. The zero-order chi connectivity index (χ0) is 20.6. The molecule has 0 aliphatic heterocycles. The number of aromatic nitrogens is 2. The molecule has 0 saturated carbocycles. The first-order valence-electron chi connectivity index (χ1n) is 9.10. The maximum absolute atomic E-state index is 12.7. The van der Waals surface area contributed by atoms with Crippen molar-refractivity contribution in [2.75, 3.05) is 6.61 Å². The number of nitrogens with zero attached hydrogens (tertiary/aromatic N) is 2. The summed E-state index contributed by atoms with van der Waals surface area (Å²) in [6, 6.07) is 8.03. The summed E-state index contributed by atoms with van der Waals surface area (Å²) in [4.78, 5) is 24.9. The maximum Gasteiger partial charge on any atom is 0.344 e. The molecule has 0 aliphatic carbocycles. The Hall–Kier alpha value is -3.15. The fraction of sp³-hybridized carbons (Fsp3) is 0.318. The number of rotatable bonds is 5. The number of hydrogen-bond donors (Lipinski definition) is 0. The van der Waals surface area contributed by atoms with Gasteiger partial charge in [0.15, 0.2) is 6.61 Å². The molecule has 0 unspecified atom stereocenters. The molecule has 0 N–H and O–H groups in total. The van der Waals surface area contributed by atoms with E-state index in [0.717, 1.165) is 17.1 Å². The average Bonchev–Trinajstić information content (AvgIpc) is 3.13. The van der Waals surface area contributed by atoms with Crippen LogP contribution in [0.15, 0.2) is 28.8 Å². The lowest BCUT2D eigenvalue weighted by atomic mass is 10.1. The molecule has 0 spiro atoms. The Labute approximate surface area is 164 Å². The number of aryl methyl sites for hydroxylation is 5. The topological polar surface area (TPSA) is 74.3 Å². The predicted molar refractivity (Wildman–Crippen MR) is 105 cm³/mol. The second kappa shape index (κ2) is 7.46. The van der Waals surface area contributed by atoms with E-state index in [1.54, 1.807) is 13.8 Å². The van der Waals surface area contributed by atoms with E-state index in [1.807, 2.05) is 30.5 Å². The Balaban J connectivity index is 1.81. The lowest BCUT2D eigenvalue weighted by Crippen LogP contribution is -2.16. The van der Waals surface area contributed by atoms with Crippen LogP contribution in [0.4, 0.5) is 0 Å². The summed E-state index contributed by atoms with van der Waals surface area (Å²) in [6.45, 7) is 10.9. The van der Waals surface area contributed by atoms with Crippen molar-refractivity contribution >= 4 is 11.8 Å². The van der Waals surface area contributed by atoms with Crippen LogP contribution in [-0.2, 0) is 4.74 Å². The van der Waals surface area contributed by atoms with E-state index in [9.17, 15) is 9.59 Å². The van der Waals surface area contributed by atoms with E-state index in [1.165, 1.54) is 11.1 Å². The second-order valence-electron chi connectivity index (χ2n) is 7.09. The summed E-state index contributed by atoms with van der Waals surface area (Å²) in [6.07, 6.45) is 0. The van der Waals surface area contributed by atoms with Crippen molar-refractivity contribution in [3.8, 4) is 5.69 Å². The number of carbonyl (C=O) groups excluding carboxylic acids is 2. The van der Waals surface area contributed by atoms with Crippen molar-refractivity contribution in [3.05, 3.63) is 69.4 Å². The number of esters is 1. The van der Waals surface area contributed by atoms with Crippen LogP contribution in [0, 0.1) is 41.5 Å². The number of ketones is 1. The SMILES string of the molecule is Cc1ccc(-n2c(C)cc(C(=O)COC(=O)c3c(C)noc3C)c2C)cc1C. The zero-order valence-electron chi connectivity index (χ0n) is 17.0. The number of carbonyl (C=O) groups is 2. The molecule has 0 amide bonds. The fourth-order valence-corrected chi connectivity index (χ4v) is 3.36. The van der Waals surface area contributed by atoms with Gasteiger partial charge in [0, 0.05) is 22.6 Å². The summed E-state index contributed by atoms with van der Waals surface area (Å²) < 4.78 is 12.2. The van der Waals surface area contributed by atoms with Crippen molar-refractivity contribution < 1.29 is 18.8 Å². The molecule has 0 fully saturated rings. The quantitative estimate of drug-likeness (QED) is 0.486. The third-order valence-electron chi connectivity index (χ3n) is 5.05. The van der Waals surface area contributed by atoms with Crippen LogP contribution in [-0.4, -0.2) is 28.1 Å². The van der Waals surface area contributed by atoms with Gasteiger partial charge in [-0.3, -0.25) is 4.79 Å². The first kappa shape index (κ1) is 19.6. The average molecular weight is 380 g/mol. The molecule has 0 saturated heterocycles. The van der Waals surface area contributed by atoms with Crippen LogP contribution >= 0.6 is 0 Å². The molecule has 0 aliphatic rings. The van der Waals surface area contributed by atoms with Crippen molar-refractivity contribution in [1.82, 2.24) is 9.72 Å². The maximum atomic E-state index is 12.7. The predicted octanol–water partition coefficient (Wildman–Crippen LogP) is 4.36. The number of benzene rings is 1. The summed E-state index contributed by atoms with van der Waals surface area (Å²) in [7, 11) is 0. The number of ether oxygens (including phenoxy) is 1. The molecule has 6 heteroatoms. The Morgan fingerprint density at radius 3 is 2.36 bits per heavy atom. The van der Waals surface area contributed by atoms with Gasteiger partial charge in [-0.1, -0.05) is 11.2 Å². The van der Waals surface area contributed by atoms with Crippen LogP contribution < -0.4 is 0 Å². The van der Waals surface area contributed by atoms with Gasteiger partial charge in [0.1, 0.15) is 11.3 Å². The summed E-state index contributed by atoms with van der Waals surface area (Å²) in [5.74, 6) is -0.473. The van der Waals surface area contributed by atoms with Crippen molar-refractivity contribution in [1.29, 1.82) is 0 Å². The van der Waals surface area contributed by atoms with Crippen molar-refractivity contribution in [2.45, 2.75) is 41.5 Å². The zero-order valence-corrected chi connectivity index (χ0v) is 17.0. The van der Waals surface area contributed by atoms with Crippen molar-refractivity contribution in [2.24, 2.45) is 0 Å². The van der Waals surface area contributed by atoms with Gasteiger partial charge in [-0.05, 0) is 70.9 Å².